The molecule has 0 aromatic carbocycles. The number of anilines is 2. The number of aromatic nitrogens is 3. The number of piperidine rings is 1. The molecule has 8 nitrogen and oxygen atoms in total. The van der Waals surface area contributed by atoms with Gasteiger partial charge in [-0.3, -0.25) is 4.21 Å². The highest BCUT2D eigenvalue weighted by Gasteiger charge is 2.40. The van der Waals surface area contributed by atoms with Crippen LogP contribution in [-0.2, 0) is 17.2 Å². The second-order valence-electron chi connectivity index (χ2n) is 9.38. The molecule has 2 fully saturated rings. The minimum absolute atomic E-state index is 0.0103. The molecule has 2 aromatic rings. The minimum atomic E-state index is -4.38. The van der Waals surface area contributed by atoms with Gasteiger partial charge in [0.15, 0.2) is 0 Å². The van der Waals surface area contributed by atoms with Crippen LogP contribution in [0.1, 0.15) is 55.1 Å². The van der Waals surface area contributed by atoms with Gasteiger partial charge in [-0.1, -0.05) is 0 Å². The van der Waals surface area contributed by atoms with Gasteiger partial charge in [0, 0.05) is 43.6 Å². The largest absolute Gasteiger partial charge is 0.446 e. The molecule has 2 N–H and O–H groups in total. The van der Waals surface area contributed by atoms with Crippen LogP contribution in [0.2, 0.25) is 0 Å². The monoisotopic (exact) mass is 538 g/mol. The molecule has 13 heteroatoms. The first-order chi connectivity index (χ1) is 17.2. The summed E-state index contributed by atoms with van der Waals surface area (Å²) in [5.41, 5.74) is -3.29. The van der Waals surface area contributed by atoms with E-state index in [2.05, 4.69) is 21.4 Å². The predicted octanol–water partition coefficient (Wildman–Crippen LogP) is 3.73. The summed E-state index contributed by atoms with van der Waals surface area (Å²) in [6.07, 6.45) is 6.82. The van der Waals surface area contributed by atoms with E-state index in [9.17, 15) is 27.7 Å². The lowest BCUT2D eigenvalue weighted by Gasteiger charge is -2.42. The fourth-order valence-corrected chi connectivity index (χ4v) is 6.88. The van der Waals surface area contributed by atoms with Crippen LogP contribution in [0.5, 0.6) is 0 Å². The summed E-state index contributed by atoms with van der Waals surface area (Å²) in [6.45, 7) is 1.07. The highest BCUT2D eigenvalue weighted by Crippen LogP contribution is 2.43. The van der Waals surface area contributed by atoms with Crippen LogP contribution in [-0.4, -0.2) is 60.8 Å². The smallest absolute Gasteiger partial charge is 0.394 e. The van der Waals surface area contributed by atoms with Gasteiger partial charge in [0.1, 0.15) is 23.3 Å². The van der Waals surface area contributed by atoms with Gasteiger partial charge >= 0.3 is 5.51 Å². The Morgan fingerprint density at radius 2 is 1.97 bits per heavy atom. The van der Waals surface area contributed by atoms with Gasteiger partial charge in [-0.15, -0.1) is 0 Å². The molecule has 2 aliphatic heterocycles. The molecule has 0 radical (unpaired) electrons. The van der Waals surface area contributed by atoms with Crippen LogP contribution in [0.4, 0.5) is 24.7 Å². The predicted molar refractivity (Wildman–Crippen MR) is 129 cm³/mol. The van der Waals surface area contributed by atoms with Gasteiger partial charge in [-0.25, -0.2) is 15.0 Å². The lowest BCUT2D eigenvalue weighted by molar-refractivity contribution is -0.0328. The van der Waals surface area contributed by atoms with E-state index in [1.54, 1.807) is 0 Å². The van der Waals surface area contributed by atoms with Crippen LogP contribution in [0, 0.1) is 11.3 Å². The molecule has 0 unspecified atom stereocenters. The first kappa shape index (κ1) is 25.2. The van der Waals surface area contributed by atoms with E-state index in [0.717, 1.165) is 25.0 Å². The van der Waals surface area contributed by atoms with Crippen molar-refractivity contribution in [2.24, 2.45) is 0 Å². The SMILES string of the molecule is N#Cc1c(N2CCC(c3ncc(SC(F)(F)F)cn3)CC2)nc2c(c1NC1(CO)CCC1)[S@@](=O)CC2. The van der Waals surface area contributed by atoms with E-state index in [1.807, 2.05) is 4.90 Å². The van der Waals surface area contributed by atoms with E-state index >= 15 is 0 Å². The Kier molecular flexibility index (Phi) is 6.86. The van der Waals surface area contributed by atoms with Gasteiger partial charge < -0.3 is 15.3 Å². The molecule has 3 aliphatic rings. The number of nitrogens with one attached hydrogen (secondary N) is 1. The summed E-state index contributed by atoms with van der Waals surface area (Å²) in [6, 6.07) is 2.27. The summed E-state index contributed by atoms with van der Waals surface area (Å²) >= 11 is -0.235. The zero-order valence-corrected chi connectivity index (χ0v) is 21.0. The fraction of sp³-hybridized carbons (Fsp3) is 0.565. The number of fused-ring (bicyclic) bond motifs is 1. The number of alkyl halides is 3. The minimum Gasteiger partial charge on any atom is -0.394 e. The van der Waals surface area contributed by atoms with Crippen molar-refractivity contribution >= 4 is 34.1 Å². The van der Waals surface area contributed by atoms with E-state index in [-0.39, 0.29) is 29.2 Å². The first-order valence-electron chi connectivity index (χ1n) is 11.8. The summed E-state index contributed by atoms with van der Waals surface area (Å²) < 4.78 is 50.5. The molecule has 0 bridgehead atoms. The number of nitriles is 1. The third-order valence-electron chi connectivity index (χ3n) is 7.11. The lowest BCUT2D eigenvalue weighted by Crippen LogP contribution is -2.48. The third kappa shape index (κ3) is 4.90. The van der Waals surface area contributed by atoms with Crippen molar-refractivity contribution in [3.63, 3.8) is 0 Å². The molecule has 192 valence electrons. The lowest BCUT2D eigenvalue weighted by atomic mass is 9.77. The van der Waals surface area contributed by atoms with Crippen LogP contribution in [0.15, 0.2) is 22.2 Å². The van der Waals surface area contributed by atoms with Gasteiger partial charge in [-0.2, -0.15) is 18.4 Å². The quantitative estimate of drug-likeness (QED) is 0.531. The van der Waals surface area contributed by atoms with E-state index < -0.39 is 21.8 Å². The van der Waals surface area contributed by atoms with Gasteiger partial charge in [0.25, 0.3) is 0 Å². The zero-order valence-electron chi connectivity index (χ0n) is 19.3. The average Bonchev–Trinajstić information content (AvgIpc) is 3.21. The standard InChI is InChI=1S/C23H25F3N6O2S2/c24-23(25,26)35-15-11-28-20(29-12-15)14-2-7-32(8-3-14)21-16(10-27)18(31-22(13-33)5-1-6-22)19-17(30-21)4-9-36(19)34/h11-12,14,33H,1-9,13H2,(H,30,31)/t36-/m0/s1. The maximum absolute atomic E-state index is 12.8. The Morgan fingerprint density at radius 3 is 2.53 bits per heavy atom. The highest BCUT2D eigenvalue weighted by atomic mass is 32.2. The van der Waals surface area contributed by atoms with Gasteiger partial charge in [-0.05, 0) is 43.9 Å². The van der Waals surface area contributed by atoms with Crippen molar-refractivity contribution in [3.05, 3.63) is 29.5 Å². The Labute approximate surface area is 213 Å². The molecule has 5 rings (SSSR count). The molecule has 36 heavy (non-hydrogen) atoms. The van der Waals surface area contributed by atoms with Crippen LogP contribution >= 0.6 is 11.8 Å². The first-order valence-corrected chi connectivity index (χ1v) is 13.9. The molecular formula is C23H25F3N6O2S2. The van der Waals surface area contributed by atoms with Crippen molar-refractivity contribution < 1.29 is 22.5 Å². The third-order valence-corrected chi connectivity index (χ3v) is 9.26. The number of nitrogens with zero attached hydrogens (tertiary/aromatic N) is 5. The van der Waals surface area contributed by atoms with Crippen molar-refractivity contribution in [1.82, 2.24) is 15.0 Å². The molecule has 2 aromatic heterocycles. The maximum Gasteiger partial charge on any atom is 0.446 e. The van der Waals surface area contributed by atoms with E-state index in [0.29, 0.717) is 65.9 Å². The van der Waals surface area contributed by atoms with Gasteiger partial charge in [0.2, 0.25) is 0 Å². The number of hydrogen-bond donors (Lipinski definition) is 2. The Balaban J connectivity index is 1.37. The van der Waals surface area contributed by atoms with Crippen LogP contribution in [0.3, 0.4) is 0 Å². The number of thioether (sulfide) groups is 1. The molecule has 0 amide bonds. The second kappa shape index (κ2) is 9.79. The number of rotatable bonds is 6. The normalized spacial score (nSPS) is 21.5. The maximum atomic E-state index is 12.8. The number of aliphatic hydroxyl groups excluding tert-OH is 1. The van der Waals surface area contributed by atoms with Crippen molar-refractivity contribution in [2.45, 2.75) is 65.3 Å². The summed E-state index contributed by atoms with van der Waals surface area (Å²) in [5.74, 6) is 1.50. The number of halogens is 3. The van der Waals surface area contributed by atoms with E-state index in [1.165, 1.54) is 12.4 Å². The molecule has 1 aliphatic carbocycles. The van der Waals surface area contributed by atoms with Crippen LogP contribution in [0.25, 0.3) is 0 Å². The molecule has 1 atom stereocenters. The molecule has 0 spiro atoms. The Bertz CT molecular complexity index is 1200. The molecule has 1 saturated heterocycles. The number of hydrogen-bond acceptors (Lipinski definition) is 9. The van der Waals surface area contributed by atoms with Crippen molar-refractivity contribution in [2.75, 3.05) is 35.7 Å². The highest BCUT2D eigenvalue weighted by molar-refractivity contribution is 8.00. The van der Waals surface area contributed by atoms with E-state index in [4.69, 9.17) is 4.98 Å². The summed E-state index contributed by atoms with van der Waals surface area (Å²) in [7, 11) is -1.25. The second-order valence-corrected chi connectivity index (χ2v) is 12.0. The molecule has 4 heterocycles. The summed E-state index contributed by atoms with van der Waals surface area (Å²) in [5, 5.41) is 23.5. The molecular weight excluding hydrogens is 513 g/mol. The topological polar surface area (TPSA) is 115 Å². The summed E-state index contributed by atoms with van der Waals surface area (Å²) in [4.78, 5) is 15.7. The number of aryl methyl sites for hydroxylation is 1. The zero-order chi connectivity index (χ0) is 25.5. The number of pyridine rings is 1. The van der Waals surface area contributed by atoms with Crippen molar-refractivity contribution in [3.8, 4) is 6.07 Å². The van der Waals surface area contributed by atoms with Crippen molar-refractivity contribution in [1.29, 1.82) is 5.26 Å². The van der Waals surface area contributed by atoms with Gasteiger partial charge in [0.05, 0.1) is 44.1 Å². The fourth-order valence-electron chi connectivity index (χ4n) is 5.03. The van der Waals surface area contributed by atoms with Crippen LogP contribution < -0.4 is 10.2 Å². The average molecular weight is 539 g/mol. The Hall–Kier alpha value is -2.43. The Morgan fingerprint density at radius 1 is 1.28 bits per heavy atom. The molecule has 1 saturated carbocycles. The number of aliphatic hydroxyl groups is 1.